The van der Waals surface area contributed by atoms with Crippen LogP contribution in [0, 0.1) is 11.6 Å². The molecule has 180 valence electrons. The number of benzene rings is 3. The number of hydrogen-bond donors (Lipinski definition) is 1. The van der Waals surface area contributed by atoms with E-state index in [9.17, 15) is 17.2 Å². The van der Waals surface area contributed by atoms with Crippen molar-refractivity contribution in [3.63, 3.8) is 0 Å². The molecule has 0 unspecified atom stereocenters. The van der Waals surface area contributed by atoms with Crippen molar-refractivity contribution in [3.8, 4) is 23.0 Å². The van der Waals surface area contributed by atoms with Crippen LogP contribution in [0.1, 0.15) is 11.1 Å². The number of sulfonamides is 1. The van der Waals surface area contributed by atoms with Crippen LogP contribution in [0.2, 0.25) is 0 Å². The molecule has 0 bridgehead atoms. The molecule has 3 rings (SSSR count). The summed E-state index contributed by atoms with van der Waals surface area (Å²) in [6.07, 6.45) is 3.52. The second-order valence-corrected chi connectivity index (χ2v) is 8.62. The minimum Gasteiger partial charge on any atom is -0.495 e. The number of nitrogens with one attached hydrogen (secondary N) is 1. The molecule has 7 nitrogen and oxygen atoms in total. The van der Waals surface area contributed by atoms with Crippen molar-refractivity contribution in [2.24, 2.45) is 0 Å². The van der Waals surface area contributed by atoms with Gasteiger partial charge in [0.25, 0.3) is 10.0 Å². The normalized spacial score (nSPS) is 11.4. The van der Waals surface area contributed by atoms with Crippen molar-refractivity contribution in [1.29, 1.82) is 0 Å². The first-order chi connectivity index (χ1) is 16.2. The standard InChI is InChI=1S/C24H23F2NO6S/c1-30-21-10-7-15(5-6-16-12-22(31-2)24(33-4)23(13-16)32-3)11-20(21)27-34(28,29)17-8-9-18(25)19(26)14-17/h5-14,27H,1-4H3. The van der Waals surface area contributed by atoms with E-state index in [-0.39, 0.29) is 11.4 Å². The van der Waals surface area contributed by atoms with Crippen LogP contribution in [0.5, 0.6) is 23.0 Å². The Labute approximate surface area is 196 Å². The van der Waals surface area contributed by atoms with Gasteiger partial charge < -0.3 is 18.9 Å². The van der Waals surface area contributed by atoms with Crippen LogP contribution < -0.4 is 23.7 Å². The molecule has 0 aromatic heterocycles. The first-order valence-corrected chi connectivity index (χ1v) is 11.3. The zero-order valence-corrected chi connectivity index (χ0v) is 19.7. The molecule has 1 N–H and O–H groups in total. The summed E-state index contributed by atoms with van der Waals surface area (Å²) in [5.41, 5.74) is 1.51. The van der Waals surface area contributed by atoms with Crippen molar-refractivity contribution >= 4 is 27.9 Å². The number of halogens is 2. The van der Waals surface area contributed by atoms with E-state index in [1.807, 2.05) is 0 Å². The lowest BCUT2D eigenvalue weighted by molar-refractivity contribution is 0.324. The molecule has 34 heavy (non-hydrogen) atoms. The van der Waals surface area contributed by atoms with E-state index < -0.39 is 26.6 Å². The summed E-state index contributed by atoms with van der Waals surface area (Å²) in [4.78, 5) is -0.424. The third-order valence-corrected chi connectivity index (χ3v) is 6.19. The van der Waals surface area contributed by atoms with Crippen molar-refractivity contribution in [2.75, 3.05) is 33.2 Å². The Balaban J connectivity index is 1.94. The Kier molecular flexibility index (Phi) is 7.62. The van der Waals surface area contributed by atoms with Gasteiger partial charge in [-0.05, 0) is 53.6 Å². The minimum absolute atomic E-state index is 0.124. The maximum atomic E-state index is 13.5. The molecule has 0 heterocycles. The summed E-state index contributed by atoms with van der Waals surface area (Å²) in [7, 11) is 1.72. The lowest BCUT2D eigenvalue weighted by Crippen LogP contribution is -2.14. The third kappa shape index (κ3) is 5.40. The Hall–Kier alpha value is -3.79. The molecule has 0 aliphatic carbocycles. The van der Waals surface area contributed by atoms with Gasteiger partial charge in [0.05, 0.1) is 39.0 Å². The minimum atomic E-state index is -4.20. The Morgan fingerprint density at radius 1 is 0.706 bits per heavy atom. The fourth-order valence-electron chi connectivity index (χ4n) is 3.15. The topological polar surface area (TPSA) is 83.1 Å². The van der Waals surface area contributed by atoms with Crippen LogP contribution in [-0.2, 0) is 10.0 Å². The van der Waals surface area contributed by atoms with E-state index in [1.165, 1.54) is 28.4 Å². The van der Waals surface area contributed by atoms with Gasteiger partial charge in [0.15, 0.2) is 23.1 Å². The highest BCUT2D eigenvalue weighted by atomic mass is 32.2. The first kappa shape index (κ1) is 24.8. The highest BCUT2D eigenvalue weighted by molar-refractivity contribution is 7.92. The van der Waals surface area contributed by atoms with Gasteiger partial charge in [-0.25, -0.2) is 17.2 Å². The molecule has 10 heteroatoms. The number of anilines is 1. The van der Waals surface area contributed by atoms with Crippen LogP contribution in [-0.4, -0.2) is 36.9 Å². The van der Waals surface area contributed by atoms with Crippen molar-refractivity contribution in [2.45, 2.75) is 4.90 Å². The van der Waals surface area contributed by atoms with Gasteiger partial charge in [-0.15, -0.1) is 0 Å². The average Bonchev–Trinajstić information content (AvgIpc) is 2.83. The van der Waals surface area contributed by atoms with Crippen molar-refractivity contribution in [3.05, 3.63) is 71.3 Å². The van der Waals surface area contributed by atoms with Gasteiger partial charge in [-0.2, -0.15) is 0 Å². The molecule has 0 aliphatic rings. The van der Waals surface area contributed by atoms with Crippen molar-refractivity contribution in [1.82, 2.24) is 0 Å². The van der Waals surface area contributed by atoms with E-state index in [0.29, 0.717) is 28.9 Å². The molecule has 0 aliphatic heterocycles. The van der Waals surface area contributed by atoms with E-state index in [1.54, 1.807) is 42.5 Å². The maximum absolute atomic E-state index is 13.5. The summed E-state index contributed by atoms with van der Waals surface area (Å²) < 4.78 is 75.8. The van der Waals surface area contributed by atoms with Crippen LogP contribution >= 0.6 is 0 Å². The fraction of sp³-hybridized carbons (Fsp3) is 0.167. The molecule has 0 saturated carbocycles. The average molecular weight is 492 g/mol. The number of hydrogen-bond acceptors (Lipinski definition) is 6. The number of rotatable bonds is 9. The van der Waals surface area contributed by atoms with Crippen LogP contribution in [0.15, 0.2) is 53.4 Å². The predicted molar refractivity (Wildman–Crippen MR) is 125 cm³/mol. The number of methoxy groups -OCH3 is 4. The Morgan fingerprint density at radius 2 is 1.32 bits per heavy atom. The van der Waals surface area contributed by atoms with Gasteiger partial charge in [-0.1, -0.05) is 18.2 Å². The van der Waals surface area contributed by atoms with Crippen LogP contribution in [0.4, 0.5) is 14.5 Å². The second-order valence-electron chi connectivity index (χ2n) is 6.93. The summed E-state index contributed by atoms with van der Waals surface area (Å²) in [5, 5.41) is 0. The molecule has 0 atom stereocenters. The predicted octanol–water partition coefficient (Wildman–Crippen LogP) is 4.97. The summed E-state index contributed by atoms with van der Waals surface area (Å²) in [6.45, 7) is 0. The molecule has 0 saturated heterocycles. The highest BCUT2D eigenvalue weighted by Crippen LogP contribution is 2.38. The molecule has 0 radical (unpaired) electrons. The van der Waals surface area contributed by atoms with Gasteiger partial charge in [0.2, 0.25) is 5.75 Å². The largest absolute Gasteiger partial charge is 0.495 e. The van der Waals surface area contributed by atoms with Gasteiger partial charge in [-0.3, -0.25) is 4.72 Å². The summed E-state index contributed by atoms with van der Waals surface area (Å²) in [6, 6.07) is 10.7. The van der Waals surface area contributed by atoms with E-state index in [2.05, 4.69) is 4.72 Å². The molecule has 0 amide bonds. The Bertz CT molecular complexity index is 1300. The molecular formula is C24H23F2NO6S. The van der Waals surface area contributed by atoms with Gasteiger partial charge in [0, 0.05) is 0 Å². The lowest BCUT2D eigenvalue weighted by atomic mass is 10.1. The van der Waals surface area contributed by atoms with E-state index in [4.69, 9.17) is 18.9 Å². The second kappa shape index (κ2) is 10.4. The third-order valence-electron chi connectivity index (χ3n) is 4.82. The van der Waals surface area contributed by atoms with Crippen LogP contribution in [0.3, 0.4) is 0 Å². The zero-order chi connectivity index (χ0) is 24.9. The highest BCUT2D eigenvalue weighted by Gasteiger charge is 2.19. The summed E-state index contributed by atoms with van der Waals surface area (Å²) in [5.74, 6) is -0.739. The quantitative estimate of drug-likeness (QED) is 0.426. The molecule has 3 aromatic rings. The smallest absolute Gasteiger partial charge is 0.262 e. The zero-order valence-electron chi connectivity index (χ0n) is 18.9. The lowest BCUT2D eigenvalue weighted by Gasteiger charge is -2.13. The van der Waals surface area contributed by atoms with E-state index in [0.717, 1.165) is 17.7 Å². The first-order valence-electron chi connectivity index (χ1n) is 9.86. The van der Waals surface area contributed by atoms with Crippen molar-refractivity contribution < 1.29 is 36.1 Å². The molecule has 0 fully saturated rings. The molecule has 3 aromatic carbocycles. The number of ether oxygens (including phenoxy) is 4. The monoisotopic (exact) mass is 491 g/mol. The SMILES string of the molecule is COc1ccc(C=Cc2cc(OC)c(OC)c(OC)c2)cc1NS(=O)(=O)c1ccc(F)c(F)c1. The Morgan fingerprint density at radius 3 is 1.88 bits per heavy atom. The molecule has 0 spiro atoms. The fourth-order valence-corrected chi connectivity index (χ4v) is 4.22. The maximum Gasteiger partial charge on any atom is 0.262 e. The molecular weight excluding hydrogens is 468 g/mol. The summed E-state index contributed by atoms with van der Waals surface area (Å²) >= 11 is 0. The van der Waals surface area contributed by atoms with Gasteiger partial charge in [0.1, 0.15) is 5.75 Å². The van der Waals surface area contributed by atoms with Gasteiger partial charge >= 0.3 is 0 Å². The van der Waals surface area contributed by atoms with E-state index >= 15 is 0 Å². The van der Waals surface area contributed by atoms with Crippen LogP contribution in [0.25, 0.3) is 12.2 Å².